The van der Waals surface area contributed by atoms with Crippen LogP contribution in [0.5, 0.6) is 5.75 Å². The molecule has 0 spiro atoms. The molecule has 0 fully saturated rings. The van der Waals surface area contributed by atoms with Gasteiger partial charge in [0.1, 0.15) is 5.75 Å². The molecule has 0 radical (unpaired) electrons. The summed E-state index contributed by atoms with van der Waals surface area (Å²) in [6.07, 6.45) is 4.35. The maximum Gasteiger partial charge on any atom is 0.417 e. The van der Waals surface area contributed by atoms with Crippen molar-refractivity contribution in [1.82, 2.24) is 4.57 Å². The number of pyridine rings is 1. The predicted molar refractivity (Wildman–Crippen MR) is 105 cm³/mol. The summed E-state index contributed by atoms with van der Waals surface area (Å²) < 4.78 is 45.7. The molecule has 0 saturated carbocycles. The van der Waals surface area contributed by atoms with Gasteiger partial charge in [0, 0.05) is 18.0 Å². The lowest BCUT2D eigenvalue weighted by Crippen LogP contribution is -2.20. The molecule has 1 atom stereocenters. The van der Waals surface area contributed by atoms with E-state index in [1.165, 1.54) is 25.7 Å². The van der Waals surface area contributed by atoms with Crippen LogP contribution in [0.4, 0.5) is 13.2 Å². The van der Waals surface area contributed by atoms with Crippen LogP contribution in [0.15, 0.2) is 47.4 Å². The van der Waals surface area contributed by atoms with Crippen LogP contribution < -0.4 is 10.3 Å². The molecule has 2 rings (SSSR count). The highest BCUT2D eigenvalue weighted by Crippen LogP contribution is 2.28. The number of rotatable bonds is 10. The summed E-state index contributed by atoms with van der Waals surface area (Å²) in [6.45, 7) is 4.27. The molecule has 0 bridgehead atoms. The fourth-order valence-corrected chi connectivity index (χ4v) is 3.06. The molecular formula is C22H28F3NO2. The van der Waals surface area contributed by atoms with E-state index in [-0.39, 0.29) is 6.10 Å². The van der Waals surface area contributed by atoms with E-state index >= 15 is 0 Å². The van der Waals surface area contributed by atoms with Gasteiger partial charge in [-0.3, -0.25) is 9.36 Å². The molecular weight excluding hydrogens is 367 g/mol. The number of alkyl halides is 3. The van der Waals surface area contributed by atoms with E-state index in [2.05, 4.69) is 13.8 Å². The lowest BCUT2D eigenvalue weighted by Gasteiger charge is -2.18. The van der Waals surface area contributed by atoms with Gasteiger partial charge in [0.2, 0.25) is 0 Å². The minimum absolute atomic E-state index is 0.115. The zero-order chi connectivity index (χ0) is 20.6. The van der Waals surface area contributed by atoms with Gasteiger partial charge in [-0.15, -0.1) is 0 Å². The van der Waals surface area contributed by atoms with Crippen molar-refractivity contribution >= 4 is 0 Å². The molecule has 0 aliphatic rings. The highest BCUT2D eigenvalue weighted by molar-refractivity contribution is 5.38. The molecule has 1 aromatic heterocycles. The van der Waals surface area contributed by atoms with E-state index in [1.54, 1.807) is 24.3 Å². The third kappa shape index (κ3) is 6.43. The fraction of sp³-hybridized carbons (Fsp3) is 0.500. The van der Waals surface area contributed by atoms with E-state index in [0.717, 1.165) is 42.2 Å². The van der Waals surface area contributed by atoms with Gasteiger partial charge in [0.25, 0.3) is 5.56 Å². The Morgan fingerprint density at radius 2 is 1.64 bits per heavy atom. The summed E-state index contributed by atoms with van der Waals surface area (Å²) >= 11 is 0. The Morgan fingerprint density at radius 3 is 2.25 bits per heavy atom. The molecule has 1 unspecified atom stereocenters. The molecule has 28 heavy (non-hydrogen) atoms. The largest absolute Gasteiger partial charge is 0.490 e. The number of unbranched alkanes of at least 4 members (excludes halogenated alkanes) is 4. The Balaban J connectivity index is 2.04. The molecule has 0 aliphatic carbocycles. The summed E-state index contributed by atoms with van der Waals surface area (Å²) in [4.78, 5) is 12.0. The summed E-state index contributed by atoms with van der Waals surface area (Å²) in [5, 5.41) is 0. The SMILES string of the molecule is CCCCCCCC(CC)Oc1ccc(-n2cc(C(F)(F)F)ccc2=O)cc1. The molecule has 0 aliphatic heterocycles. The van der Waals surface area contributed by atoms with Crippen molar-refractivity contribution in [3.05, 3.63) is 58.5 Å². The van der Waals surface area contributed by atoms with Gasteiger partial charge in [-0.05, 0) is 49.6 Å². The lowest BCUT2D eigenvalue weighted by molar-refractivity contribution is -0.138. The molecule has 6 heteroatoms. The predicted octanol–water partition coefficient (Wildman–Crippen LogP) is 6.37. The number of ether oxygens (including phenoxy) is 1. The Hall–Kier alpha value is -2.24. The topological polar surface area (TPSA) is 31.2 Å². The Morgan fingerprint density at radius 1 is 0.964 bits per heavy atom. The van der Waals surface area contributed by atoms with E-state index < -0.39 is 17.3 Å². The number of halogens is 3. The van der Waals surface area contributed by atoms with Gasteiger partial charge in [-0.25, -0.2) is 0 Å². The van der Waals surface area contributed by atoms with E-state index in [4.69, 9.17) is 4.74 Å². The van der Waals surface area contributed by atoms with Crippen LogP contribution >= 0.6 is 0 Å². The summed E-state index contributed by atoms with van der Waals surface area (Å²) in [6, 6.07) is 8.32. The smallest absolute Gasteiger partial charge is 0.417 e. The molecule has 0 saturated heterocycles. The van der Waals surface area contributed by atoms with E-state index in [0.29, 0.717) is 11.4 Å². The van der Waals surface area contributed by atoms with Crippen LogP contribution in [0.25, 0.3) is 5.69 Å². The molecule has 154 valence electrons. The van der Waals surface area contributed by atoms with Crippen molar-refractivity contribution < 1.29 is 17.9 Å². The van der Waals surface area contributed by atoms with Crippen molar-refractivity contribution in [1.29, 1.82) is 0 Å². The summed E-state index contributed by atoms with van der Waals surface area (Å²) in [5.41, 5.74) is -1.00. The van der Waals surface area contributed by atoms with Crippen LogP contribution in [0, 0.1) is 0 Å². The first-order chi connectivity index (χ1) is 13.3. The second-order valence-corrected chi connectivity index (χ2v) is 6.97. The normalized spacial score (nSPS) is 12.8. The Kier molecular flexibility index (Phi) is 8.15. The Bertz CT molecular complexity index is 782. The van der Waals surface area contributed by atoms with E-state index in [1.807, 2.05) is 0 Å². The number of hydrogen-bond acceptors (Lipinski definition) is 2. The second-order valence-electron chi connectivity index (χ2n) is 6.97. The fourth-order valence-electron chi connectivity index (χ4n) is 3.06. The maximum absolute atomic E-state index is 12.9. The number of aromatic nitrogens is 1. The van der Waals surface area contributed by atoms with Crippen molar-refractivity contribution in [2.45, 2.75) is 71.1 Å². The first kappa shape index (κ1) is 22.1. The minimum atomic E-state index is -4.50. The van der Waals surface area contributed by atoms with Crippen LogP contribution in [0.3, 0.4) is 0 Å². The molecule has 0 amide bonds. The quantitative estimate of drug-likeness (QED) is 0.438. The summed E-state index contributed by atoms with van der Waals surface area (Å²) in [5.74, 6) is 0.657. The summed E-state index contributed by atoms with van der Waals surface area (Å²) in [7, 11) is 0. The highest BCUT2D eigenvalue weighted by Gasteiger charge is 2.31. The second kappa shape index (κ2) is 10.3. The minimum Gasteiger partial charge on any atom is -0.490 e. The maximum atomic E-state index is 12.9. The van der Waals surface area contributed by atoms with Crippen molar-refractivity contribution in [2.75, 3.05) is 0 Å². The van der Waals surface area contributed by atoms with Crippen molar-refractivity contribution in [3.8, 4) is 11.4 Å². The first-order valence-corrected chi connectivity index (χ1v) is 9.92. The van der Waals surface area contributed by atoms with Gasteiger partial charge in [0.15, 0.2) is 0 Å². The van der Waals surface area contributed by atoms with Gasteiger partial charge >= 0.3 is 6.18 Å². The van der Waals surface area contributed by atoms with Crippen LogP contribution in [0.2, 0.25) is 0 Å². The van der Waals surface area contributed by atoms with Gasteiger partial charge in [-0.1, -0.05) is 39.5 Å². The molecule has 0 N–H and O–H groups in total. The van der Waals surface area contributed by atoms with Gasteiger partial charge in [0.05, 0.1) is 11.7 Å². The number of benzene rings is 1. The number of hydrogen-bond donors (Lipinski definition) is 0. The highest BCUT2D eigenvalue weighted by atomic mass is 19.4. The average molecular weight is 395 g/mol. The van der Waals surface area contributed by atoms with Crippen molar-refractivity contribution in [3.63, 3.8) is 0 Å². The van der Waals surface area contributed by atoms with Gasteiger partial charge in [-0.2, -0.15) is 13.2 Å². The monoisotopic (exact) mass is 395 g/mol. The van der Waals surface area contributed by atoms with Crippen molar-refractivity contribution in [2.24, 2.45) is 0 Å². The van der Waals surface area contributed by atoms with E-state index in [9.17, 15) is 18.0 Å². The van der Waals surface area contributed by atoms with Crippen LogP contribution in [-0.4, -0.2) is 10.7 Å². The zero-order valence-corrected chi connectivity index (χ0v) is 16.5. The first-order valence-electron chi connectivity index (χ1n) is 9.92. The van der Waals surface area contributed by atoms with Gasteiger partial charge < -0.3 is 4.74 Å². The lowest BCUT2D eigenvalue weighted by atomic mass is 10.1. The third-order valence-electron chi connectivity index (χ3n) is 4.74. The zero-order valence-electron chi connectivity index (χ0n) is 16.5. The van der Waals surface area contributed by atoms with Crippen LogP contribution in [0.1, 0.15) is 64.4 Å². The van der Waals surface area contributed by atoms with Crippen LogP contribution in [-0.2, 0) is 6.18 Å². The average Bonchev–Trinajstić information content (AvgIpc) is 2.67. The Labute approximate surface area is 164 Å². The molecule has 3 nitrogen and oxygen atoms in total. The molecule has 2 aromatic rings. The third-order valence-corrected chi connectivity index (χ3v) is 4.74. The number of nitrogens with zero attached hydrogens (tertiary/aromatic N) is 1. The standard InChI is InChI=1S/C22H28F3NO2/c1-3-5-6-7-8-9-19(4-2)28-20-13-11-18(12-14-20)26-16-17(22(23,24)25)10-15-21(26)27/h10-16,19H,3-9H2,1-2H3. The molecule has 1 aromatic carbocycles. The molecule has 1 heterocycles.